The van der Waals surface area contributed by atoms with Gasteiger partial charge in [-0.3, -0.25) is 4.79 Å². The van der Waals surface area contributed by atoms with E-state index in [1.807, 2.05) is 24.4 Å². The first kappa shape index (κ1) is 11.3. The molecule has 1 heterocycles. The number of H-pyrrole nitrogens is 1. The lowest BCUT2D eigenvalue weighted by molar-refractivity contribution is -0.116. The van der Waals surface area contributed by atoms with E-state index in [0.717, 1.165) is 17.5 Å². The van der Waals surface area contributed by atoms with Crippen molar-refractivity contribution in [3.63, 3.8) is 0 Å². The zero-order valence-corrected chi connectivity index (χ0v) is 10.8. The Kier molecular flexibility index (Phi) is 2.40. The molecule has 0 atom stereocenters. The number of benzene rings is 1. The van der Waals surface area contributed by atoms with Gasteiger partial charge in [0.15, 0.2) is 5.78 Å². The first-order valence-electron chi connectivity index (χ1n) is 6.35. The van der Waals surface area contributed by atoms with E-state index in [0.29, 0.717) is 6.42 Å². The maximum absolute atomic E-state index is 11.8. The lowest BCUT2D eigenvalue weighted by Crippen LogP contribution is -2.21. The predicted octanol–water partition coefficient (Wildman–Crippen LogP) is 3.94. The van der Waals surface area contributed by atoms with Crippen LogP contribution in [0.3, 0.4) is 0 Å². The lowest BCUT2D eigenvalue weighted by Gasteiger charge is -2.28. The minimum absolute atomic E-state index is 0.0690. The van der Waals surface area contributed by atoms with Crippen LogP contribution in [-0.2, 0) is 4.79 Å². The first-order chi connectivity index (χ1) is 8.55. The molecule has 0 spiro atoms. The van der Waals surface area contributed by atoms with Crippen molar-refractivity contribution in [2.45, 2.75) is 26.7 Å². The predicted molar refractivity (Wildman–Crippen MR) is 74.3 cm³/mol. The van der Waals surface area contributed by atoms with Crippen LogP contribution < -0.4 is 0 Å². The van der Waals surface area contributed by atoms with Crippen LogP contribution in [0.4, 0.5) is 0 Å². The van der Waals surface area contributed by atoms with Gasteiger partial charge in [0, 0.05) is 29.1 Å². The van der Waals surface area contributed by atoms with Crippen molar-refractivity contribution in [2.24, 2.45) is 5.41 Å². The number of carbonyl (C=O) groups excluding carboxylic acids is 1. The topological polar surface area (TPSA) is 32.9 Å². The van der Waals surface area contributed by atoms with Gasteiger partial charge in [-0.05, 0) is 29.6 Å². The van der Waals surface area contributed by atoms with Crippen molar-refractivity contribution in [3.8, 4) is 0 Å². The highest BCUT2D eigenvalue weighted by molar-refractivity contribution is 6.03. The van der Waals surface area contributed by atoms with E-state index in [-0.39, 0.29) is 11.2 Å². The molecule has 0 amide bonds. The van der Waals surface area contributed by atoms with Crippen LogP contribution in [0.5, 0.6) is 0 Å². The molecule has 1 aliphatic rings. The molecule has 1 N–H and O–H groups in total. The number of aromatic amines is 1. The highest BCUT2D eigenvalue weighted by Gasteiger charge is 2.28. The SMILES string of the molecule is CC1(C)CC(=O)C=C(c2c[nH]c3ccccc23)C1. The largest absolute Gasteiger partial charge is 0.361 e. The molecule has 2 nitrogen and oxygen atoms in total. The average Bonchev–Trinajstić information content (AvgIpc) is 2.69. The Morgan fingerprint density at radius 2 is 1.94 bits per heavy atom. The summed E-state index contributed by atoms with van der Waals surface area (Å²) >= 11 is 0. The fourth-order valence-corrected chi connectivity index (χ4v) is 2.86. The second-order valence-corrected chi connectivity index (χ2v) is 5.90. The number of para-hydroxylation sites is 1. The summed E-state index contributed by atoms with van der Waals surface area (Å²) < 4.78 is 0. The molecule has 0 radical (unpaired) electrons. The van der Waals surface area contributed by atoms with Crippen LogP contribution >= 0.6 is 0 Å². The highest BCUT2D eigenvalue weighted by atomic mass is 16.1. The molecular weight excluding hydrogens is 222 g/mol. The summed E-state index contributed by atoms with van der Waals surface area (Å²) in [6, 6.07) is 8.23. The molecule has 1 aliphatic carbocycles. The van der Waals surface area contributed by atoms with E-state index in [1.165, 1.54) is 10.9 Å². The molecule has 0 saturated carbocycles. The summed E-state index contributed by atoms with van der Waals surface area (Å²) in [6.07, 6.45) is 5.45. The van der Waals surface area contributed by atoms with Crippen LogP contribution in [0.1, 0.15) is 32.3 Å². The van der Waals surface area contributed by atoms with Gasteiger partial charge in [-0.1, -0.05) is 32.0 Å². The number of aromatic nitrogens is 1. The van der Waals surface area contributed by atoms with Gasteiger partial charge < -0.3 is 4.98 Å². The second kappa shape index (κ2) is 3.84. The summed E-state index contributed by atoms with van der Waals surface area (Å²) in [5, 5.41) is 1.20. The third-order valence-electron chi connectivity index (χ3n) is 3.59. The lowest BCUT2D eigenvalue weighted by atomic mass is 9.75. The molecule has 1 aromatic heterocycles. The summed E-state index contributed by atoms with van der Waals surface area (Å²) in [4.78, 5) is 15.1. The van der Waals surface area contributed by atoms with E-state index >= 15 is 0 Å². The van der Waals surface area contributed by atoms with E-state index in [9.17, 15) is 4.79 Å². The Balaban J connectivity index is 2.12. The summed E-state index contributed by atoms with van der Waals surface area (Å²) in [5.74, 6) is 0.242. The van der Waals surface area contributed by atoms with Crippen LogP contribution in [-0.4, -0.2) is 10.8 Å². The molecule has 0 fully saturated rings. The Bertz CT molecular complexity index is 646. The quantitative estimate of drug-likeness (QED) is 0.803. The molecule has 2 heteroatoms. The van der Waals surface area contributed by atoms with Gasteiger partial charge in [0.25, 0.3) is 0 Å². The van der Waals surface area contributed by atoms with Crippen LogP contribution in [0.2, 0.25) is 0 Å². The fraction of sp³-hybridized carbons (Fsp3) is 0.312. The van der Waals surface area contributed by atoms with Gasteiger partial charge in [0.1, 0.15) is 0 Å². The number of hydrogen-bond acceptors (Lipinski definition) is 1. The number of hydrogen-bond donors (Lipinski definition) is 1. The average molecular weight is 239 g/mol. The molecule has 18 heavy (non-hydrogen) atoms. The second-order valence-electron chi connectivity index (χ2n) is 5.90. The third-order valence-corrected chi connectivity index (χ3v) is 3.59. The molecule has 0 unspecified atom stereocenters. The molecule has 3 rings (SSSR count). The molecule has 0 saturated heterocycles. The monoisotopic (exact) mass is 239 g/mol. The van der Waals surface area contributed by atoms with Gasteiger partial charge in [0.2, 0.25) is 0 Å². The van der Waals surface area contributed by atoms with Crippen LogP contribution in [0.25, 0.3) is 16.5 Å². The number of allylic oxidation sites excluding steroid dienone is 2. The van der Waals surface area contributed by atoms with Crippen molar-refractivity contribution in [1.82, 2.24) is 4.98 Å². The van der Waals surface area contributed by atoms with Crippen molar-refractivity contribution < 1.29 is 4.79 Å². The minimum Gasteiger partial charge on any atom is -0.361 e. The zero-order valence-electron chi connectivity index (χ0n) is 10.8. The van der Waals surface area contributed by atoms with Gasteiger partial charge in [-0.25, -0.2) is 0 Å². The Morgan fingerprint density at radius 3 is 2.72 bits per heavy atom. The maximum Gasteiger partial charge on any atom is 0.156 e. The summed E-state index contributed by atoms with van der Waals surface area (Å²) in [7, 11) is 0. The zero-order chi connectivity index (χ0) is 12.8. The minimum atomic E-state index is 0.0690. The van der Waals surface area contributed by atoms with Gasteiger partial charge >= 0.3 is 0 Å². The third kappa shape index (κ3) is 1.88. The number of fused-ring (bicyclic) bond motifs is 1. The van der Waals surface area contributed by atoms with Crippen molar-refractivity contribution >= 4 is 22.3 Å². The molecule has 92 valence electrons. The standard InChI is InChI=1S/C16H17NO/c1-16(2)8-11(7-12(18)9-16)14-10-17-15-6-4-3-5-13(14)15/h3-7,10,17H,8-9H2,1-2H3. The summed E-state index contributed by atoms with van der Waals surface area (Å²) in [6.45, 7) is 4.32. The Hall–Kier alpha value is -1.83. The first-order valence-corrected chi connectivity index (χ1v) is 6.35. The van der Waals surface area contributed by atoms with Crippen molar-refractivity contribution in [3.05, 3.63) is 42.1 Å². The maximum atomic E-state index is 11.8. The van der Waals surface area contributed by atoms with E-state index in [4.69, 9.17) is 0 Å². The fourth-order valence-electron chi connectivity index (χ4n) is 2.86. The highest BCUT2D eigenvalue weighted by Crippen LogP contribution is 2.39. The molecule has 0 aliphatic heterocycles. The Morgan fingerprint density at radius 1 is 1.17 bits per heavy atom. The summed E-state index contributed by atoms with van der Waals surface area (Å²) in [5.41, 5.74) is 3.53. The van der Waals surface area contributed by atoms with E-state index in [2.05, 4.69) is 31.0 Å². The van der Waals surface area contributed by atoms with Crippen LogP contribution in [0.15, 0.2) is 36.5 Å². The number of nitrogens with one attached hydrogen (secondary N) is 1. The van der Waals surface area contributed by atoms with Crippen molar-refractivity contribution in [2.75, 3.05) is 0 Å². The Labute approximate surface area is 107 Å². The van der Waals surface area contributed by atoms with E-state index in [1.54, 1.807) is 0 Å². The van der Waals surface area contributed by atoms with Crippen molar-refractivity contribution in [1.29, 1.82) is 0 Å². The molecule has 0 bridgehead atoms. The number of ketones is 1. The number of rotatable bonds is 1. The number of carbonyl (C=O) groups is 1. The van der Waals surface area contributed by atoms with E-state index < -0.39 is 0 Å². The normalized spacial score (nSPS) is 19.0. The van der Waals surface area contributed by atoms with Gasteiger partial charge in [-0.2, -0.15) is 0 Å². The smallest absolute Gasteiger partial charge is 0.156 e. The van der Waals surface area contributed by atoms with Gasteiger partial charge in [0.05, 0.1) is 0 Å². The van der Waals surface area contributed by atoms with Gasteiger partial charge in [-0.15, -0.1) is 0 Å². The molecule has 1 aromatic carbocycles. The molecular formula is C16H17NO. The molecule has 2 aromatic rings. The van der Waals surface area contributed by atoms with Crippen LogP contribution in [0, 0.1) is 5.41 Å².